The number of rotatable bonds is 7. The summed E-state index contributed by atoms with van der Waals surface area (Å²) in [7, 11) is 0. The van der Waals surface area contributed by atoms with E-state index in [1.165, 1.54) is 18.2 Å². The van der Waals surface area contributed by atoms with Crippen molar-refractivity contribution in [1.82, 2.24) is 29.6 Å². The van der Waals surface area contributed by atoms with Gasteiger partial charge >= 0.3 is 0 Å². The zero-order chi connectivity index (χ0) is 29.1. The first kappa shape index (κ1) is 25.9. The number of piperidine rings is 1. The number of aromatic hydroxyl groups is 1. The minimum absolute atomic E-state index is 0.131. The van der Waals surface area contributed by atoms with Crippen LogP contribution in [0.1, 0.15) is 17.5 Å². The number of hydrogen-bond donors (Lipinski definition) is 2. The minimum Gasteiger partial charge on any atom is -0.508 e. The molecule has 2 unspecified atom stereocenters. The number of anilines is 1. The van der Waals surface area contributed by atoms with Crippen molar-refractivity contribution in [2.45, 2.75) is 31.6 Å². The molecule has 10 nitrogen and oxygen atoms in total. The number of aromatic nitrogens is 5. The van der Waals surface area contributed by atoms with Gasteiger partial charge in [0, 0.05) is 90.4 Å². The summed E-state index contributed by atoms with van der Waals surface area (Å²) in [5.74, 6) is 1.18. The lowest BCUT2D eigenvalue weighted by molar-refractivity contribution is -0.0408. The summed E-state index contributed by atoms with van der Waals surface area (Å²) < 4.78 is 21.0. The fourth-order valence-corrected chi connectivity index (χ4v) is 6.61. The van der Waals surface area contributed by atoms with Crippen LogP contribution in [0.5, 0.6) is 5.75 Å². The second-order valence-electron chi connectivity index (χ2n) is 11.8. The number of phenols is 1. The van der Waals surface area contributed by atoms with Gasteiger partial charge in [-0.1, -0.05) is 0 Å². The van der Waals surface area contributed by atoms with E-state index in [1.54, 1.807) is 6.20 Å². The first-order valence-electron chi connectivity index (χ1n) is 14.5. The summed E-state index contributed by atoms with van der Waals surface area (Å²) in [5.41, 5.74) is 5.32. The number of nitrogens with zero attached hydrogens (tertiary/aromatic N) is 7. The van der Waals surface area contributed by atoms with Crippen molar-refractivity contribution in [1.29, 1.82) is 5.26 Å². The molecule has 4 fully saturated rings. The molecule has 0 radical (unpaired) electrons. The summed E-state index contributed by atoms with van der Waals surface area (Å²) in [5, 5.41) is 25.5. The molecule has 4 aromatic heterocycles. The number of piperazine rings is 1. The van der Waals surface area contributed by atoms with Gasteiger partial charge < -0.3 is 19.7 Å². The SMILES string of the molecule is N#Cc1cnc2[nH]c(-c3cnn(CC4COC4)c3)cc2c1-c1ccc(N2CC3CC(C2)N3Cc2cc(F)ccc2O)nc1. The van der Waals surface area contributed by atoms with Crippen LogP contribution < -0.4 is 4.90 Å². The van der Waals surface area contributed by atoms with Crippen LogP contribution in [-0.2, 0) is 17.8 Å². The summed E-state index contributed by atoms with van der Waals surface area (Å²) in [6.45, 7) is 4.53. The molecule has 4 aliphatic heterocycles. The number of hydrogen-bond acceptors (Lipinski definition) is 8. The van der Waals surface area contributed by atoms with Gasteiger partial charge in [0.25, 0.3) is 0 Å². The third kappa shape index (κ3) is 4.59. The summed E-state index contributed by atoms with van der Waals surface area (Å²) in [6, 6.07) is 13.1. The first-order valence-corrected chi connectivity index (χ1v) is 14.5. The van der Waals surface area contributed by atoms with Crippen LogP contribution in [0.3, 0.4) is 0 Å². The van der Waals surface area contributed by atoms with Gasteiger partial charge in [0.2, 0.25) is 0 Å². The van der Waals surface area contributed by atoms with Gasteiger partial charge in [-0.15, -0.1) is 0 Å². The molecule has 5 aromatic rings. The summed E-state index contributed by atoms with van der Waals surface area (Å²) in [6.07, 6.45) is 8.38. The van der Waals surface area contributed by atoms with Crippen molar-refractivity contribution in [2.75, 3.05) is 31.2 Å². The molecule has 11 heteroatoms. The smallest absolute Gasteiger partial charge is 0.138 e. The molecule has 2 N–H and O–H groups in total. The predicted octanol–water partition coefficient (Wildman–Crippen LogP) is 4.31. The maximum atomic E-state index is 13.7. The maximum Gasteiger partial charge on any atom is 0.138 e. The zero-order valence-corrected chi connectivity index (χ0v) is 23.3. The minimum atomic E-state index is -0.336. The molecule has 2 bridgehead atoms. The number of nitrogens with one attached hydrogen (secondary N) is 1. The lowest BCUT2D eigenvalue weighted by Crippen LogP contribution is -2.68. The second-order valence-corrected chi connectivity index (χ2v) is 11.8. The van der Waals surface area contributed by atoms with Crippen LogP contribution in [0.15, 0.2) is 61.2 Å². The number of fused-ring (bicyclic) bond motifs is 3. The van der Waals surface area contributed by atoms with Crippen LogP contribution in [0, 0.1) is 23.1 Å². The Kier molecular flexibility index (Phi) is 6.13. The van der Waals surface area contributed by atoms with E-state index in [4.69, 9.17) is 9.72 Å². The molecule has 0 spiro atoms. The van der Waals surface area contributed by atoms with Gasteiger partial charge in [-0.3, -0.25) is 9.58 Å². The Morgan fingerprint density at radius 2 is 1.91 bits per heavy atom. The molecular formula is C32H29FN8O2. The molecule has 4 saturated heterocycles. The second kappa shape index (κ2) is 10.2. The van der Waals surface area contributed by atoms with E-state index in [0.29, 0.717) is 41.3 Å². The zero-order valence-electron chi connectivity index (χ0n) is 23.3. The normalized spacial score (nSPS) is 20.1. The van der Waals surface area contributed by atoms with E-state index in [-0.39, 0.29) is 11.6 Å². The Hall–Kier alpha value is -4.79. The van der Waals surface area contributed by atoms with Crippen LogP contribution in [0.2, 0.25) is 0 Å². The van der Waals surface area contributed by atoms with Gasteiger partial charge in [0.05, 0.1) is 30.7 Å². The van der Waals surface area contributed by atoms with Crippen molar-refractivity contribution in [3.63, 3.8) is 0 Å². The van der Waals surface area contributed by atoms with E-state index in [1.807, 2.05) is 41.5 Å². The number of phenolic OH excluding ortho intramolecular Hbond substituents is 1. The van der Waals surface area contributed by atoms with Gasteiger partial charge in [-0.05, 0) is 42.8 Å². The highest BCUT2D eigenvalue weighted by atomic mass is 19.1. The third-order valence-electron chi connectivity index (χ3n) is 8.97. The molecule has 43 heavy (non-hydrogen) atoms. The van der Waals surface area contributed by atoms with Crippen LogP contribution in [0.25, 0.3) is 33.4 Å². The van der Waals surface area contributed by atoms with Crippen LogP contribution in [-0.4, -0.2) is 73.1 Å². The number of H-pyrrole nitrogens is 1. The highest BCUT2D eigenvalue weighted by molar-refractivity contribution is 5.98. The summed E-state index contributed by atoms with van der Waals surface area (Å²) >= 11 is 0. The highest BCUT2D eigenvalue weighted by Gasteiger charge is 2.45. The third-order valence-corrected chi connectivity index (χ3v) is 8.97. The molecular weight excluding hydrogens is 547 g/mol. The molecule has 9 rings (SSSR count). The van der Waals surface area contributed by atoms with Gasteiger partial charge in [0.15, 0.2) is 0 Å². The molecule has 0 saturated carbocycles. The van der Waals surface area contributed by atoms with Crippen LogP contribution in [0.4, 0.5) is 10.2 Å². The van der Waals surface area contributed by atoms with Crippen molar-refractivity contribution < 1.29 is 14.2 Å². The Bertz CT molecular complexity index is 1860. The number of halogens is 1. The van der Waals surface area contributed by atoms with Crippen molar-refractivity contribution in [3.05, 3.63) is 78.1 Å². The lowest BCUT2D eigenvalue weighted by Gasteiger charge is -2.56. The molecule has 2 atom stereocenters. The molecule has 0 aliphatic carbocycles. The number of aromatic amines is 1. The first-order chi connectivity index (χ1) is 21.0. The topological polar surface area (TPSA) is 119 Å². The fourth-order valence-electron chi connectivity index (χ4n) is 6.61. The Labute approximate surface area is 247 Å². The van der Waals surface area contributed by atoms with Crippen molar-refractivity contribution in [2.24, 2.45) is 5.92 Å². The standard InChI is InChI=1S/C32H29FN8O2/c33-24-2-3-29(42)21(5-24)14-41-25-6-26(41)16-39(15-25)30-4-1-20(9-35-30)31-22(8-34)10-36-32-27(31)7-28(38-32)23-11-37-40(13-23)12-19-17-43-18-19/h1-5,7,9-11,13,19,25-26,42H,6,12,14-18H2,(H,36,38). The number of pyridine rings is 2. The van der Waals surface area contributed by atoms with E-state index in [9.17, 15) is 14.8 Å². The monoisotopic (exact) mass is 576 g/mol. The Morgan fingerprint density at radius 3 is 2.65 bits per heavy atom. The average molecular weight is 577 g/mol. The Balaban J connectivity index is 1.02. The van der Waals surface area contributed by atoms with Gasteiger partial charge in [0.1, 0.15) is 29.1 Å². The van der Waals surface area contributed by atoms with E-state index in [2.05, 4.69) is 30.9 Å². The molecule has 4 aliphatic rings. The van der Waals surface area contributed by atoms with E-state index < -0.39 is 0 Å². The number of nitriles is 1. The molecule has 0 amide bonds. The fraction of sp³-hybridized carbons (Fsp3) is 0.312. The highest BCUT2D eigenvalue weighted by Crippen LogP contribution is 2.38. The van der Waals surface area contributed by atoms with E-state index in [0.717, 1.165) is 72.9 Å². The molecule has 216 valence electrons. The quantitative estimate of drug-likeness (QED) is 0.294. The van der Waals surface area contributed by atoms with Crippen molar-refractivity contribution >= 4 is 16.9 Å². The van der Waals surface area contributed by atoms with Gasteiger partial charge in [-0.2, -0.15) is 10.4 Å². The molecule has 1 aromatic carbocycles. The van der Waals surface area contributed by atoms with Crippen molar-refractivity contribution in [3.8, 4) is 34.2 Å². The largest absolute Gasteiger partial charge is 0.508 e. The maximum absolute atomic E-state index is 13.7. The number of ether oxygens (including phenoxy) is 1. The van der Waals surface area contributed by atoms with Gasteiger partial charge in [-0.25, -0.2) is 14.4 Å². The number of benzene rings is 1. The molecule has 8 heterocycles. The Morgan fingerprint density at radius 1 is 1.05 bits per heavy atom. The summed E-state index contributed by atoms with van der Waals surface area (Å²) in [4.78, 5) is 17.3. The average Bonchev–Trinajstić information content (AvgIpc) is 3.66. The lowest BCUT2D eigenvalue weighted by atomic mass is 9.86. The van der Waals surface area contributed by atoms with Crippen LogP contribution >= 0.6 is 0 Å². The van der Waals surface area contributed by atoms with E-state index >= 15 is 0 Å². The predicted molar refractivity (Wildman–Crippen MR) is 158 cm³/mol.